The summed E-state index contributed by atoms with van der Waals surface area (Å²) in [4.78, 5) is 16.8. The number of methoxy groups -OCH3 is 1. The predicted octanol–water partition coefficient (Wildman–Crippen LogP) is 5.71. The van der Waals surface area contributed by atoms with E-state index in [1.165, 1.54) is 11.3 Å². The van der Waals surface area contributed by atoms with Crippen molar-refractivity contribution in [1.82, 2.24) is 19.9 Å². The Morgan fingerprint density at radius 3 is 2.85 bits per heavy atom. The van der Waals surface area contributed by atoms with E-state index in [9.17, 15) is 5.26 Å². The highest BCUT2D eigenvalue weighted by atomic mass is 32.2. The van der Waals surface area contributed by atoms with E-state index in [1.54, 1.807) is 37.5 Å². The van der Waals surface area contributed by atoms with Gasteiger partial charge in [-0.05, 0) is 36.9 Å². The van der Waals surface area contributed by atoms with E-state index in [0.29, 0.717) is 29.6 Å². The normalized spacial score (nSPS) is 13.5. The highest BCUT2D eigenvalue weighted by molar-refractivity contribution is 8.00. The summed E-state index contributed by atoms with van der Waals surface area (Å²) in [6.45, 7) is 5.23. The molecule has 0 amide bonds. The molecule has 11 heteroatoms. The predicted molar refractivity (Wildman–Crippen MR) is 159 cm³/mol. The van der Waals surface area contributed by atoms with Crippen LogP contribution in [0.2, 0.25) is 0 Å². The fourth-order valence-electron chi connectivity index (χ4n) is 4.42. The molecule has 0 unspecified atom stereocenters. The zero-order chi connectivity index (χ0) is 27.7. The zero-order valence-corrected chi connectivity index (χ0v) is 24.1. The van der Waals surface area contributed by atoms with E-state index in [-0.39, 0.29) is 0 Å². The molecule has 4 heterocycles. The number of ether oxygens (including phenoxy) is 3. The van der Waals surface area contributed by atoms with Crippen molar-refractivity contribution in [2.75, 3.05) is 58.1 Å². The van der Waals surface area contributed by atoms with E-state index in [2.05, 4.69) is 26.3 Å². The minimum Gasteiger partial charge on any atom is -0.495 e. The van der Waals surface area contributed by atoms with Crippen LogP contribution in [0.15, 0.2) is 59.2 Å². The van der Waals surface area contributed by atoms with Crippen molar-refractivity contribution in [3.63, 3.8) is 0 Å². The van der Waals surface area contributed by atoms with Crippen molar-refractivity contribution in [2.24, 2.45) is 0 Å². The maximum absolute atomic E-state index is 10.0. The first-order valence-electron chi connectivity index (χ1n) is 12.9. The summed E-state index contributed by atoms with van der Waals surface area (Å²) in [5.74, 6) is 1.87. The second-order valence-corrected chi connectivity index (χ2v) is 11.1. The molecule has 0 bridgehead atoms. The van der Waals surface area contributed by atoms with Crippen LogP contribution < -0.4 is 14.8 Å². The highest BCUT2D eigenvalue weighted by Gasteiger charge is 2.22. The molecule has 0 spiro atoms. The molecule has 1 aromatic carbocycles. The number of thioether (sulfide) groups is 1. The number of hydrogen-bond acceptors (Lipinski definition) is 11. The Hall–Kier alpha value is -3.69. The minimum atomic E-state index is 0.453. The molecule has 0 radical (unpaired) electrons. The third-order valence-electron chi connectivity index (χ3n) is 6.38. The smallest absolute Gasteiger partial charge is 0.227 e. The molecule has 1 aliphatic heterocycles. The average Bonchev–Trinajstić information content (AvgIpc) is 3.39. The van der Waals surface area contributed by atoms with Crippen molar-refractivity contribution in [3.05, 3.63) is 60.6 Å². The highest BCUT2D eigenvalue weighted by Crippen LogP contribution is 2.46. The first kappa shape index (κ1) is 27.9. The van der Waals surface area contributed by atoms with Crippen molar-refractivity contribution in [3.8, 4) is 39.3 Å². The lowest BCUT2D eigenvalue weighted by Crippen LogP contribution is -2.37. The molecule has 5 rings (SSSR count). The van der Waals surface area contributed by atoms with Gasteiger partial charge in [0.1, 0.15) is 17.6 Å². The first-order chi connectivity index (χ1) is 19.7. The maximum atomic E-state index is 10.0. The zero-order valence-electron chi connectivity index (χ0n) is 22.4. The van der Waals surface area contributed by atoms with Gasteiger partial charge in [0.05, 0.1) is 53.5 Å². The van der Waals surface area contributed by atoms with Crippen LogP contribution in [-0.2, 0) is 4.74 Å². The van der Waals surface area contributed by atoms with Crippen LogP contribution in [0.4, 0.5) is 11.6 Å². The fourth-order valence-corrected chi connectivity index (χ4v) is 6.33. The summed E-state index contributed by atoms with van der Waals surface area (Å²) in [5.41, 5.74) is 3.74. The monoisotopic (exact) mass is 574 g/mol. The van der Waals surface area contributed by atoms with E-state index >= 15 is 0 Å². The number of anilines is 2. The lowest BCUT2D eigenvalue weighted by Gasteiger charge is -2.26. The van der Waals surface area contributed by atoms with E-state index < -0.39 is 0 Å². The third kappa shape index (κ3) is 6.71. The number of hydrogen-bond donors (Lipinski definition) is 1. The Bertz CT molecular complexity index is 1480. The Morgan fingerprint density at radius 1 is 1.18 bits per heavy atom. The Kier molecular flexibility index (Phi) is 9.46. The quantitative estimate of drug-likeness (QED) is 0.177. The minimum absolute atomic E-state index is 0.453. The topological polar surface area (TPSA) is 105 Å². The summed E-state index contributed by atoms with van der Waals surface area (Å²) in [6.07, 6.45) is 8.03. The molecule has 206 valence electrons. The SMILES string of the molecule is COc1cncc(-c2c(-c3ccnc(Nc4cccc(OCCCN5CCOCC5)c4)n3)sc(SC)c2C#N)c1. The van der Waals surface area contributed by atoms with Gasteiger partial charge in [-0.2, -0.15) is 5.26 Å². The van der Waals surface area contributed by atoms with Gasteiger partial charge in [0.15, 0.2) is 0 Å². The van der Waals surface area contributed by atoms with E-state index in [0.717, 1.165) is 70.9 Å². The summed E-state index contributed by atoms with van der Waals surface area (Å²) >= 11 is 3.08. The molecule has 40 heavy (non-hydrogen) atoms. The Labute approximate surface area is 242 Å². The summed E-state index contributed by atoms with van der Waals surface area (Å²) in [6, 6.07) is 13.9. The third-order valence-corrected chi connectivity index (χ3v) is 8.71. The van der Waals surface area contributed by atoms with E-state index in [1.807, 2.05) is 42.7 Å². The largest absolute Gasteiger partial charge is 0.495 e. The number of rotatable bonds is 11. The molecule has 1 fully saturated rings. The number of thiophene rings is 1. The number of morpholine rings is 1. The van der Waals surface area contributed by atoms with E-state index in [4.69, 9.17) is 19.2 Å². The number of nitrogens with zero attached hydrogens (tertiary/aromatic N) is 5. The van der Waals surface area contributed by atoms with Crippen molar-refractivity contribution in [2.45, 2.75) is 10.6 Å². The van der Waals surface area contributed by atoms with Crippen LogP contribution in [0.1, 0.15) is 12.0 Å². The summed E-state index contributed by atoms with van der Waals surface area (Å²) < 4.78 is 17.7. The van der Waals surface area contributed by atoms with Crippen molar-refractivity contribution < 1.29 is 14.2 Å². The standard InChI is InChI=1S/C29H30N6O3S2/c1-36-23-15-20(18-31-19-23)26-24(17-30)28(39-2)40-27(26)25-7-8-32-29(34-25)33-21-5-3-6-22(16-21)38-12-4-9-35-10-13-37-14-11-35/h3,5-8,15-16,18-19H,4,9-14H2,1-2H3,(H,32,33,34). The molecular formula is C29H30N6O3S2. The molecule has 3 aromatic heterocycles. The second kappa shape index (κ2) is 13.6. The molecule has 0 aliphatic carbocycles. The summed E-state index contributed by atoms with van der Waals surface area (Å²) in [7, 11) is 1.60. The number of nitrogens with one attached hydrogen (secondary N) is 1. The van der Waals surface area contributed by atoms with Gasteiger partial charge in [-0.3, -0.25) is 9.88 Å². The Morgan fingerprint density at radius 2 is 2.05 bits per heavy atom. The molecule has 1 aliphatic rings. The van der Waals surface area contributed by atoms with Crippen LogP contribution >= 0.6 is 23.1 Å². The van der Waals surface area contributed by atoms with Gasteiger partial charge in [-0.15, -0.1) is 23.1 Å². The number of benzene rings is 1. The maximum Gasteiger partial charge on any atom is 0.227 e. The molecule has 1 N–H and O–H groups in total. The van der Waals surface area contributed by atoms with Crippen LogP contribution in [-0.4, -0.2) is 72.7 Å². The first-order valence-corrected chi connectivity index (χ1v) is 15.0. The van der Waals surface area contributed by atoms with Crippen molar-refractivity contribution >= 4 is 34.7 Å². The van der Waals surface area contributed by atoms with Gasteiger partial charge >= 0.3 is 0 Å². The van der Waals surface area contributed by atoms with Gasteiger partial charge in [-0.1, -0.05) is 6.07 Å². The number of aromatic nitrogens is 3. The number of nitriles is 1. The van der Waals surface area contributed by atoms with Crippen LogP contribution in [0.5, 0.6) is 11.5 Å². The van der Waals surface area contributed by atoms with Crippen LogP contribution in [0.3, 0.4) is 0 Å². The second-order valence-electron chi connectivity index (χ2n) is 8.97. The molecule has 1 saturated heterocycles. The molecule has 9 nitrogen and oxygen atoms in total. The van der Waals surface area contributed by atoms with Crippen LogP contribution in [0, 0.1) is 11.3 Å². The average molecular weight is 575 g/mol. The van der Waals surface area contributed by atoms with Gasteiger partial charge in [0.25, 0.3) is 0 Å². The van der Waals surface area contributed by atoms with Gasteiger partial charge in [0.2, 0.25) is 5.95 Å². The Balaban J connectivity index is 1.33. The number of pyridine rings is 1. The summed E-state index contributed by atoms with van der Waals surface area (Å²) in [5, 5.41) is 13.3. The fraction of sp³-hybridized carbons (Fsp3) is 0.310. The lowest BCUT2D eigenvalue weighted by molar-refractivity contribution is 0.0358. The lowest BCUT2D eigenvalue weighted by atomic mass is 10.0. The van der Waals surface area contributed by atoms with Gasteiger partial charge < -0.3 is 19.5 Å². The van der Waals surface area contributed by atoms with Gasteiger partial charge in [-0.25, -0.2) is 9.97 Å². The molecule has 0 saturated carbocycles. The van der Waals surface area contributed by atoms with Crippen LogP contribution in [0.25, 0.3) is 21.7 Å². The van der Waals surface area contributed by atoms with Crippen molar-refractivity contribution in [1.29, 1.82) is 5.26 Å². The van der Waals surface area contributed by atoms with Gasteiger partial charge in [0, 0.05) is 54.9 Å². The molecule has 4 aromatic rings. The molecular weight excluding hydrogens is 544 g/mol. The molecule has 0 atom stereocenters.